The van der Waals surface area contributed by atoms with Crippen molar-refractivity contribution in [3.63, 3.8) is 0 Å². The minimum Gasteiger partial charge on any atom is -0.462 e. The molecular formula is C24H23N3O2S. The predicted molar refractivity (Wildman–Crippen MR) is 123 cm³/mol. The lowest BCUT2D eigenvalue weighted by Gasteiger charge is -2.10. The van der Waals surface area contributed by atoms with Crippen LogP contribution in [0.4, 0.5) is 11.5 Å². The third-order valence-electron chi connectivity index (χ3n) is 4.80. The number of ether oxygens (including phenoxy) is 1. The Morgan fingerprint density at radius 3 is 2.67 bits per heavy atom. The molecule has 0 spiro atoms. The fourth-order valence-corrected chi connectivity index (χ4v) is 4.36. The topological polar surface area (TPSA) is 64.1 Å². The van der Waals surface area contributed by atoms with Gasteiger partial charge >= 0.3 is 5.97 Å². The van der Waals surface area contributed by atoms with E-state index in [1.54, 1.807) is 29.8 Å². The molecule has 0 fully saturated rings. The van der Waals surface area contributed by atoms with Crippen molar-refractivity contribution in [1.82, 2.24) is 9.97 Å². The molecule has 152 valence electrons. The maximum Gasteiger partial charge on any atom is 0.338 e. The average molecular weight is 418 g/mol. The Bertz CT molecular complexity index is 1200. The first-order valence-electron chi connectivity index (χ1n) is 9.92. The van der Waals surface area contributed by atoms with Gasteiger partial charge in [0.15, 0.2) is 0 Å². The normalized spacial score (nSPS) is 10.9. The van der Waals surface area contributed by atoms with Crippen molar-refractivity contribution in [1.29, 1.82) is 0 Å². The van der Waals surface area contributed by atoms with Gasteiger partial charge in [0.05, 0.1) is 17.6 Å². The molecule has 0 unspecified atom stereocenters. The standard InChI is InChI=1S/C24H23N3O2S/c1-4-12-29-24(28)18-6-5-7-19(13-18)27-22-21-20(17-10-8-15(2)9-11-17)16(3)30-23(21)26-14-25-22/h5-11,13-14H,4,12H2,1-3H3,(H,25,26,27). The Balaban J connectivity index is 1.74. The second-order valence-electron chi connectivity index (χ2n) is 7.14. The average Bonchev–Trinajstić information content (AvgIpc) is 3.09. The second-order valence-corrected chi connectivity index (χ2v) is 8.35. The highest BCUT2D eigenvalue weighted by Crippen LogP contribution is 2.41. The number of benzene rings is 2. The van der Waals surface area contributed by atoms with E-state index in [-0.39, 0.29) is 5.97 Å². The van der Waals surface area contributed by atoms with Crippen LogP contribution in [0.2, 0.25) is 0 Å². The number of thiophene rings is 1. The summed E-state index contributed by atoms with van der Waals surface area (Å²) in [6.45, 7) is 6.57. The summed E-state index contributed by atoms with van der Waals surface area (Å²) in [6, 6.07) is 15.8. The van der Waals surface area contributed by atoms with E-state index in [1.165, 1.54) is 10.4 Å². The van der Waals surface area contributed by atoms with Crippen LogP contribution < -0.4 is 5.32 Å². The molecule has 2 aromatic heterocycles. The fourth-order valence-electron chi connectivity index (χ4n) is 3.35. The Morgan fingerprint density at radius 2 is 1.90 bits per heavy atom. The van der Waals surface area contributed by atoms with Crippen LogP contribution in [-0.4, -0.2) is 22.5 Å². The van der Waals surface area contributed by atoms with Crippen molar-refractivity contribution in [2.75, 3.05) is 11.9 Å². The SMILES string of the molecule is CCCOC(=O)c1cccc(Nc2ncnc3sc(C)c(-c4ccc(C)cc4)c23)c1. The minimum atomic E-state index is -0.319. The van der Waals surface area contributed by atoms with Gasteiger partial charge in [-0.1, -0.05) is 42.8 Å². The molecule has 2 heterocycles. The number of aromatic nitrogens is 2. The van der Waals surface area contributed by atoms with E-state index in [0.29, 0.717) is 12.2 Å². The smallest absolute Gasteiger partial charge is 0.338 e. The van der Waals surface area contributed by atoms with E-state index in [4.69, 9.17) is 4.74 Å². The van der Waals surface area contributed by atoms with Gasteiger partial charge in [-0.2, -0.15) is 0 Å². The van der Waals surface area contributed by atoms with Gasteiger partial charge in [0.2, 0.25) is 0 Å². The van der Waals surface area contributed by atoms with E-state index in [2.05, 4.69) is 53.4 Å². The third kappa shape index (κ3) is 4.04. The number of nitrogens with zero attached hydrogens (tertiary/aromatic N) is 2. The minimum absolute atomic E-state index is 0.319. The van der Waals surface area contributed by atoms with Crippen LogP contribution in [0.3, 0.4) is 0 Å². The predicted octanol–water partition coefficient (Wildman–Crippen LogP) is 6.29. The van der Waals surface area contributed by atoms with Crippen LogP contribution in [0.25, 0.3) is 21.3 Å². The second kappa shape index (κ2) is 8.63. The number of carbonyl (C=O) groups excluding carboxylic acids is 1. The van der Waals surface area contributed by atoms with Gasteiger partial charge in [-0.15, -0.1) is 11.3 Å². The number of fused-ring (bicyclic) bond motifs is 1. The summed E-state index contributed by atoms with van der Waals surface area (Å²) in [4.78, 5) is 23.3. The van der Waals surface area contributed by atoms with Crippen molar-refractivity contribution in [2.24, 2.45) is 0 Å². The molecule has 0 saturated heterocycles. The number of esters is 1. The molecule has 6 heteroatoms. The number of carbonyl (C=O) groups is 1. The quantitative estimate of drug-likeness (QED) is 0.374. The van der Waals surface area contributed by atoms with Crippen LogP contribution in [0.15, 0.2) is 54.9 Å². The van der Waals surface area contributed by atoms with Crippen molar-refractivity contribution in [2.45, 2.75) is 27.2 Å². The highest BCUT2D eigenvalue weighted by atomic mass is 32.1. The summed E-state index contributed by atoms with van der Waals surface area (Å²) in [5.74, 6) is 0.402. The highest BCUT2D eigenvalue weighted by Gasteiger charge is 2.17. The molecule has 0 atom stereocenters. The van der Waals surface area contributed by atoms with E-state index in [9.17, 15) is 4.79 Å². The molecule has 0 amide bonds. The Hall–Kier alpha value is -3.25. The van der Waals surface area contributed by atoms with Crippen molar-refractivity contribution in [3.8, 4) is 11.1 Å². The summed E-state index contributed by atoms with van der Waals surface area (Å²) < 4.78 is 5.25. The molecule has 1 N–H and O–H groups in total. The van der Waals surface area contributed by atoms with Crippen LogP contribution in [0.1, 0.15) is 34.1 Å². The summed E-state index contributed by atoms with van der Waals surface area (Å²) in [6.07, 6.45) is 2.36. The van der Waals surface area contributed by atoms with Crippen molar-refractivity contribution >= 4 is 39.0 Å². The molecule has 0 aliphatic heterocycles. The van der Waals surface area contributed by atoms with Crippen LogP contribution in [0.5, 0.6) is 0 Å². The lowest BCUT2D eigenvalue weighted by molar-refractivity contribution is 0.0505. The van der Waals surface area contributed by atoms with Gasteiger partial charge in [-0.3, -0.25) is 0 Å². The Labute approximate surface area is 179 Å². The van der Waals surface area contributed by atoms with Gasteiger partial charge in [-0.05, 0) is 44.0 Å². The van der Waals surface area contributed by atoms with E-state index in [0.717, 1.165) is 39.3 Å². The molecule has 0 bridgehead atoms. The van der Waals surface area contributed by atoms with Gasteiger partial charge in [-0.25, -0.2) is 14.8 Å². The molecule has 0 aliphatic carbocycles. The molecule has 4 rings (SSSR count). The monoisotopic (exact) mass is 417 g/mol. The maximum absolute atomic E-state index is 12.2. The first-order valence-corrected chi connectivity index (χ1v) is 10.7. The Kier molecular flexibility index (Phi) is 5.77. The zero-order chi connectivity index (χ0) is 21.1. The van der Waals surface area contributed by atoms with Gasteiger partial charge < -0.3 is 10.1 Å². The van der Waals surface area contributed by atoms with Crippen LogP contribution in [-0.2, 0) is 4.74 Å². The molecule has 2 aromatic carbocycles. The first-order chi connectivity index (χ1) is 14.6. The van der Waals surface area contributed by atoms with E-state index in [1.807, 2.05) is 19.1 Å². The number of nitrogens with one attached hydrogen (secondary N) is 1. The third-order valence-corrected chi connectivity index (χ3v) is 5.82. The van der Waals surface area contributed by atoms with Crippen LogP contribution >= 0.6 is 11.3 Å². The molecule has 0 saturated carbocycles. The number of hydrogen-bond donors (Lipinski definition) is 1. The fraction of sp³-hybridized carbons (Fsp3) is 0.208. The van der Waals surface area contributed by atoms with E-state index < -0.39 is 0 Å². The molecule has 4 aromatic rings. The van der Waals surface area contributed by atoms with Crippen molar-refractivity contribution < 1.29 is 9.53 Å². The summed E-state index contributed by atoms with van der Waals surface area (Å²) in [5, 5.41) is 4.37. The molecule has 0 radical (unpaired) electrons. The molecule has 0 aliphatic rings. The van der Waals surface area contributed by atoms with Gasteiger partial charge in [0.1, 0.15) is 17.0 Å². The molecule has 5 nitrogen and oxygen atoms in total. The van der Waals surface area contributed by atoms with Gasteiger partial charge in [0, 0.05) is 16.1 Å². The van der Waals surface area contributed by atoms with E-state index >= 15 is 0 Å². The summed E-state index contributed by atoms with van der Waals surface area (Å²) >= 11 is 1.65. The number of anilines is 2. The zero-order valence-corrected chi connectivity index (χ0v) is 18.0. The lowest BCUT2D eigenvalue weighted by atomic mass is 10.0. The molecular weight excluding hydrogens is 394 g/mol. The maximum atomic E-state index is 12.2. The summed E-state index contributed by atoms with van der Waals surface area (Å²) in [7, 11) is 0. The lowest BCUT2D eigenvalue weighted by Crippen LogP contribution is -2.06. The first kappa shape index (κ1) is 20.0. The van der Waals surface area contributed by atoms with Gasteiger partial charge in [0.25, 0.3) is 0 Å². The number of rotatable bonds is 6. The largest absolute Gasteiger partial charge is 0.462 e. The van der Waals surface area contributed by atoms with Crippen molar-refractivity contribution in [3.05, 3.63) is 70.9 Å². The highest BCUT2D eigenvalue weighted by molar-refractivity contribution is 7.19. The molecule has 30 heavy (non-hydrogen) atoms. The Morgan fingerprint density at radius 1 is 1.10 bits per heavy atom. The zero-order valence-electron chi connectivity index (χ0n) is 17.2. The number of aryl methyl sites for hydroxylation is 2. The summed E-state index contributed by atoms with van der Waals surface area (Å²) in [5.41, 5.74) is 4.78. The number of hydrogen-bond acceptors (Lipinski definition) is 6. The van der Waals surface area contributed by atoms with Crippen LogP contribution in [0, 0.1) is 13.8 Å².